The smallest absolute Gasteiger partial charge is 0.152 e. The Morgan fingerprint density at radius 3 is 2.59 bits per heavy atom. The highest BCUT2D eigenvalue weighted by atomic mass is 35.5. The zero-order valence-corrected chi connectivity index (χ0v) is 20.9. The van der Waals surface area contributed by atoms with Crippen LogP contribution in [0.1, 0.15) is 58.8 Å². The van der Waals surface area contributed by atoms with E-state index in [2.05, 4.69) is 28.1 Å². The van der Waals surface area contributed by atoms with Gasteiger partial charge in [-0.2, -0.15) is 5.53 Å². The fourth-order valence-corrected chi connectivity index (χ4v) is 3.49. The molecule has 1 aromatic carbocycles. The summed E-state index contributed by atoms with van der Waals surface area (Å²) >= 11 is 5.91. The fraction of sp³-hybridized carbons (Fsp3) is 0.520. The van der Waals surface area contributed by atoms with E-state index in [1.54, 1.807) is 12.3 Å². The van der Waals surface area contributed by atoms with Gasteiger partial charge in [0.1, 0.15) is 23.6 Å². The fourth-order valence-electron chi connectivity index (χ4n) is 3.44. The highest BCUT2D eigenvalue weighted by molar-refractivity contribution is 6.39. The first kappa shape index (κ1) is 27.5. The molecule has 3 rings (SSSR count). The third-order valence-corrected chi connectivity index (χ3v) is 5.87. The van der Waals surface area contributed by atoms with E-state index < -0.39 is 5.82 Å². The first-order valence-corrected chi connectivity index (χ1v) is 12.3. The van der Waals surface area contributed by atoms with Gasteiger partial charge in [-0.25, -0.2) is 14.4 Å². The number of halogens is 2. The summed E-state index contributed by atoms with van der Waals surface area (Å²) < 4.78 is 19.2. The maximum absolute atomic E-state index is 13.7. The molecule has 0 amide bonds. The molecule has 2 fully saturated rings. The lowest BCUT2D eigenvalue weighted by Gasteiger charge is -2.28. The first-order valence-electron chi connectivity index (χ1n) is 11.9. The van der Waals surface area contributed by atoms with Crippen LogP contribution in [0.15, 0.2) is 51.4 Å². The van der Waals surface area contributed by atoms with Crippen molar-refractivity contribution in [2.24, 2.45) is 16.1 Å². The van der Waals surface area contributed by atoms with E-state index in [0.29, 0.717) is 17.4 Å². The number of benzene rings is 1. The Morgan fingerprint density at radius 1 is 1.29 bits per heavy atom. The van der Waals surface area contributed by atoms with Gasteiger partial charge in [-0.3, -0.25) is 5.41 Å². The van der Waals surface area contributed by atoms with Crippen molar-refractivity contribution in [3.8, 4) is 5.75 Å². The number of likely N-dealkylation sites (tertiary alicyclic amines) is 1. The van der Waals surface area contributed by atoms with Crippen LogP contribution in [-0.4, -0.2) is 37.1 Å². The van der Waals surface area contributed by atoms with E-state index in [9.17, 15) is 4.39 Å². The number of nitrogens with one attached hydrogen (secondary N) is 2. The van der Waals surface area contributed by atoms with Crippen molar-refractivity contribution in [1.82, 2.24) is 4.90 Å². The molecule has 0 unspecified atom stereocenters. The summed E-state index contributed by atoms with van der Waals surface area (Å²) in [5, 5.41) is 11.6. The SMILES string of the molecule is C\C=C(Cl)/C=N\C(=C\CC)N1CCCCC1.N=CN(N=N)c1ccc(OCCC2CC2)cc1F. The van der Waals surface area contributed by atoms with Crippen molar-refractivity contribution in [1.29, 1.82) is 10.9 Å². The van der Waals surface area contributed by atoms with Gasteiger partial charge in [-0.1, -0.05) is 42.7 Å². The maximum Gasteiger partial charge on any atom is 0.152 e. The van der Waals surface area contributed by atoms with Gasteiger partial charge in [0.25, 0.3) is 0 Å². The Morgan fingerprint density at radius 2 is 2.03 bits per heavy atom. The van der Waals surface area contributed by atoms with Gasteiger partial charge in [0.2, 0.25) is 0 Å². The number of rotatable bonds is 11. The summed E-state index contributed by atoms with van der Waals surface area (Å²) in [4.78, 5) is 6.82. The molecule has 1 aliphatic heterocycles. The summed E-state index contributed by atoms with van der Waals surface area (Å²) in [6.45, 7) is 6.89. The lowest BCUT2D eigenvalue weighted by Crippen LogP contribution is -2.28. The summed E-state index contributed by atoms with van der Waals surface area (Å²) in [6, 6.07) is 4.32. The second-order valence-corrected chi connectivity index (χ2v) is 8.65. The molecule has 2 N–H and O–H groups in total. The van der Waals surface area contributed by atoms with Crippen molar-refractivity contribution in [2.75, 3.05) is 24.7 Å². The molecule has 9 heteroatoms. The molecule has 0 radical (unpaired) electrons. The monoisotopic (exact) mass is 490 g/mol. The molecule has 1 saturated heterocycles. The average molecular weight is 491 g/mol. The van der Waals surface area contributed by atoms with Crippen LogP contribution in [-0.2, 0) is 0 Å². The van der Waals surface area contributed by atoms with E-state index in [1.807, 2.05) is 13.0 Å². The number of allylic oxidation sites excluding steroid dienone is 3. The van der Waals surface area contributed by atoms with Crippen molar-refractivity contribution < 1.29 is 9.13 Å². The number of ether oxygens (including phenoxy) is 1. The number of hydrogen-bond acceptors (Lipinski definition) is 6. The van der Waals surface area contributed by atoms with Crippen LogP contribution in [0.25, 0.3) is 0 Å². The van der Waals surface area contributed by atoms with E-state index in [0.717, 1.165) is 49.0 Å². The molecule has 1 aliphatic carbocycles. The Bertz CT molecular complexity index is 870. The number of nitrogens with zero attached hydrogens (tertiary/aromatic N) is 4. The molecule has 34 heavy (non-hydrogen) atoms. The summed E-state index contributed by atoms with van der Waals surface area (Å²) in [5.74, 6) is 1.76. The summed E-state index contributed by atoms with van der Waals surface area (Å²) in [5.41, 5.74) is 6.88. The minimum absolute atomic E-state index is 0.0644. The standard InChI is InChI=1S/C13H21ClN2.C12H15FN4O/c1-3-8-13(15-11-12(14)4-2)16-9-6-5-7-10-16;13-11-7-10(18-6-5-9-1-2-9)3-4-12(11)17(8-14)16-15/h4,8,11H,3,5-7,9-10H2,1-2H3;3-4,7-9,14-15H,1-2,5-6H2/b12-4+,13-8-,15-11-;. The summed E-state index contributed by atoms with van der Waals surface area (Å²) in [6.07, 6.45) is 15.0. The lowest BCUT2D eigenvalue weighted by atomic mass is 10.1. The molecule has 186 valence electrons. The maximum atomic E-state index is 13.7. The lowest BCUT2D eigenvalue weighted by molar-refractivity contribution is 0.282. The van der Waals surface area contributed by atoms with Crippen molar-refractivity contribution in [3.05, 3.63) is 47.0 Å². The van der Waals surface area contributed by atoms with Crippen molar-refractivity contribution >= 4 is 29.8 Å². The molecule has 2 aliphatic rings. The van der Waals surface area contributed by atoms with E-state index in [4.69, 9.17) is 27.3 Å². The van der Waals surface area contributed by atoms with Gasteiger partial charge < -0.3 is 9.64 Å². The van der Waals surface area contributed by atoms with E-state index >= 15 is 0 Å². The molecule has 0 atom stereocenters. The zero-order chi connectivity index (χ0) is 24.8. The normalized spacial score (nSPS) is 16.6. The Labute approximate surface area is 207 Å². The topological polar surface area (TPSA) is 88.1 Å². The molecule has 1 aromatic rings. The van der Waals surface area contributed by atoms with E-state index in [1.165, 1.54) is 44.2 Å². The zero-order valence-electron chi connectivity index (χ0n) is 20.1. The third-order valence-electron chi connectivity index (χ3n) is 5.55. The van der Waals surface area contributed by atoms with Gasteiger partial charge in [-0.05, 0) is 63.2 Å². The van der Waals surface area contributed by atoms with Crippen LogP contribution in [0.2, 0.25) is 0 Å². The van der Waals surface area contributed by atoms with Gasteiger partial charge in [0.05, 0.1) is 11.6 Å². The van der Waals surface area contributed by atoms with Crippen LogP contribution in [0.5, 0.6) is 5.75 Å². The van der Waals surface area contributed by atoms with Crippen LogP contribution in [0.3, 0.4) is 0 Å². The van der Waals surface area contributed by atoms with Crippen LogP contribution in [0.4, 0.5) is 10.1 Å². The van der Waals surface area contributed by atoms with Crippen LogP contribution >= 0.6 is 11.6 Å². The van der Waals surface area contributed by atoms with Crippen LogP contribution < -0.4 is 9.75 Å². The van der Waals surface area contributed by atoms with E-state index in [-0.39, 0.29) is 5.69 Å². The van der Waals surface area contributed by atoms with Gasteiger partial charge in [0.15, 0.2) is 5.82 Å². The Hall–Kier alpha value is -2.74. The number of piperidine rings is 1. The number of hydrogen-bond donors (Lipinski definition) is 2. The molecule has 0 aromatic heterocycles. The molecule has 0 bridgehead atoms. The second-order valence-electron chi connectivity index (χ2n) is 8.22. The first-order chi connectivity index (χ1) is 16.5. The van der Waals surface area contributed by atoms with Gasteiger partial charge in [0, 0.05) is 25.4 Å². The minimum atomic E-state index is -0.557. The summed E-state index contributed by atoms with van der Waals surface area (Å²) in [7, 11) is 0. The molecule has 1 saturated carbocycles. The molecule has 0 spiro atoms. The Kier molecular flexibility index (Phi) is 12.3. The quantitative estimate of drug-likeness (QED) is 0.147. The molecule has 1 heterocycles. The second kappa shape index (κ2) is 15.2. The molecule has 7 nitrogen and oxygen atoms in total. The largest absolute Gasteiger partial charge is 0.493 e. The predicted molar refractivity (Wildman–Crippen MR) is 138 cm³/mol. The minimum Gasteiger partial charge on any atom is -0.493 e. The Balaban J connectivity index is 0.000000242. The highest BCUT2D eigenvalue weighted by Crippen LogP contribution is 2.32. The van der Waals surface area contributed by atoms with Crippen LogP contribution in [0, 0.1) is 22.7 Å². The predicted octanol–water partition coefficient (Wildman–Crippen LogP) is 7.30. The van der Waals surface area contributed by atoms with Gasteiger partial charge in [-0.15, -0.1) is 0 Å². The molecular weight excluding hydrogens is 455 g/mol. The average Bonchev–Trinajstić information content (AvgIpc) is 3.69. The third kappa shape index (κ3) is 9.63. The molecular formula is C25H36ClFN6O. The van der Waals surface area contributed by atoms with Gasteiger partial charge >= 0.3 is 0 Å². The number of anilines is 1. The van der Waals surface area contributed by atoms with Crippen molar-refractivity contribution in [2.45, 2.75) is 58.8 Å². The highest BCUT2D eigenvalue weighted by Gasteiger charge is 2.20. The number of aliphatic imine (C=N–C) groups is 1. The van der Waals surface area contributed by atoms with Crippen molar-refractivity contribution in [3.63, 3.8) is 0 Å².